The van der Waals surface area contributed by atoms with Crippen LogP contribution in [0.4, 0.5) is 32.7 Å². The van der Waals surface area contributed by atoms with E-state index in [9.17, 15) is 22.4 Å². The summed E-state index contributed by atoms with van der Waals surface area (Å²) in [6, 6.07) is 9.48. The third-order valence-electron chi connectivity index (χ3n) is 7.18. The second-order valence-electron chi connectivity index (χ2n) is 10.1. The number of ether oxygens (including phenoxy) is 3. The molecular weight excluding hydrogens is 591 g/mol. The highest BCUT2D eigenvalue weighted by atomic mass is 19.4. The number of benzene rings is 2. The number of amides is 1. The molecule has 1 amide bonds. The maximum atomic E-state index is 15.4. The summed E-state index contributed by atoms with van der Waals surface area (Å²) in [4.78, 5) is 23.2. The number of anilines is 1. The zero-order valence-corrected chi connectivity index (χ0v) is 23.8. The van der Waals surface area contributed by atoms with Gasteiger partial charge in [-0.25, -0.2) is 23.2 Å². The number of fused-ring (bicyclic) bond motifs is 1. The van der Waals surface area contributed by atoms with Gasteiger partial charge in [-0.3, -0.25) is 0 Å². The van der Waals surface area contributed by atoms with Gasteiger partial charge in [0, 0.05) is 39.0 Å². The van der Waals surface area contributed by atoms with Crippen LogP contribution in [0, 0.1) is 11.6 Å². The first-order valence-electron chi connectivity index (χ1n) is 13.7. The standard InChI is InChI=1S/C29H29F5N6O4/c1-39-26-20(24(38-39)19-12-21(29(32,33)34)23(31)25(22(19)30)44-16-42-2)14-36-27(37-26)35-13-18-10-6-7-11-40(18)28(41)43-15-17-8-4-3-5-9-17/h3-5,8-9,12,14,18H,6-7,10-11,13,15-16H2,1-2H3,(H,35,36,37). The normalized spacial score (nSPS) is 15.4. The summed E-state index contributed by atoms with van der Waals surface area (Å²) in [6.45, 7) is 0.305. The first-order valence-corrected chi connectivity index (χ1v) is 13.7. The average molecular weight is 621 g/mol. The van der Waals surface area contributed by atoms with Gasteiger partial charge in [-0.05, 0) is 30.9 Å². The van der Waals surface area contributed by atoms with Crippen LogP contribution in [0.15, 0.2) is 42.6 Å². The third-order valence-corrected chi connectivity index (χ3v) is 7.18. The summed E-state index contributed by atoms with van der Waals surface area (Å²) in [5.74, 6) is -4.37. The topological polar surface area (TPSA) is 104 Å². The van der Waals surface area contributed by atoms with Crippen LogP contribution in [0.2, 0.25) is 0 Å². The van der Waals surface area contributed by atoms with Gasteiger partial charge in [-0.1, -0.05) is 30.3 Å². The van der Waals surface area contributed by atoms with Crippen molar-refractivity contribution in [3.8, 4) is 17.0 Å². The summed E-state index contributed by atoms with van der Waals surface area (Å²) in [5, 5.41) is 7.39. The molecule has 1 unspecified atom stereocenters. The van der Waals surface area contributed by atoms with Gasteiger partial charge in [-0.15, -0.1) is 0 Å². The summed E-state index contributed by atoms with van der Waals surface area (Å²) in [7, 11) is 2.63. The molecule has 0 radical (unpaired) electrons. The number of aryl methyl sites for hydroxylation is 1. The van der Waals surface area contributed by atoms with E-state index < -0.39 is 47.6 Å². The number of rotatable bonds is 9. The molecule has 1 aliphatic rings. The minimum atomic E-state index is -5.14. The lowest BCUT2D eigenvalue weighted by Crippen LogP contribution is -2.47. The Morgan fingerprint density at radius 3 is 2.64 bits per heavy atom. The van der Waals surface area contributed by atoms with E-state index in [0.717, 1.165) is 31.9 Å². The van der Waals surface area contributed by atoms with Crippen molar-refractivity contribution in [3.05, 3.63) is 65.4 Å². The molecule has 0 aliphatic carbocycles. The Labute approximate surface area is 248 Å². The fourth-order valence-corrected chi connectivity index (χ4v) is 5.02. The highest BCUT2D eigenvalue weighted by molar-refractivity contribution is 5.91. The van der Waals surface area contributed by atoms with Gasteiger partial charge in [0.2, 0.25) is 5.95 Å². The van der Waals surface area contributed by atoms with Crippen molar-refractivity contribution in [2.75, 3.05) is 32.3 Å². The van der Waals surface area contributed by atoms with Crippen molar-refractivity contribution >= 4 is 23.1 Å². The summed E-state index contributed by atoms with van der Waals surface area (Å²) < 4.78 is 87.1. The molecule has 5 rings (SSSR count). The Hall–Kier alpha value is -4.53. The highest BCUT2D eigenvalue weighted by Crippen LogP contribution is 2.42. The first kappa shape index (κ1) is 30.9. The smallest absolute Gasteiger partial charge is 0.419 e. The highest BCUT2D eigenvalue weighted by Gasteiger charge is 2.39. The van der Waals surface area contributed by atoms with Crippen LogP contribution in [-0.4, -0.2) is 63.8 Å². The van der Waals surface area contributed by atoms with Crippen LogP contribution in [0.5, 0.6) is 5.75 Å². The number of methoxy groups -OCH3 is 1. The van der Waals surface area contributed by atoms with Crippen LogP contribution in [0.1, 0.15) is 30.4 Å². The monoisotopic (exact) mass is 620 g/mol. The molecule has 2 aromatic carbocycles. The van der Waals surface area contributed by atoms with Crippen molar-refractivity contribution in [1.82, 2.24) is 24.6 Å². The Bertz CT molecular complexity index is 1630. The molecule has 0 spiro atoms. The first-order chi connectivity index (χ1) is 21.1. The fourth-order valence-electron chi connectivity index (χ4n) is 5.02. The van der Waals surface area contributed by atoms with E-state index >= 15 is 4.39 Å². The lowest BCUT2D eigenvalue weighted by molar-refractivity contribution is -0.140. The van der Waals surface area contributed by atoms with Crippen LogP contribution in [-0.2, 0) is 29.3 Å². The second kappa shape index (κ2) is 13.0. The minimum absolute atomic E-state index is 0.123. The number of halogens is 5. The van der Waals surface area contributed by atoms with Crippen LogP contribution in [0.25, 0.3) is 22.3 Å². The maximum Gasteiger partial charge on any atom is 0.419 e. The van der Waals surface area contributed by atoms with E-state index in [-0.39, 0.29) is 35.3 Å². The van der Waals surface area contributed by atoms with Crippen molar-refractivity contribution in [1.29, 1.82) is 0 Å². The molecule has 44 heavy (non-hydrogen) atoms. The van der Waals surface area contributed by atoms with Crippen LogP contribution >= 0.6 is 0 Å². The summed E-state index contributed by atoms with van der Waals surface area (Å²) >= 11 is 0. The SMILES string of the molecule is COCOc1c(F)c(-c2nn(C)c3nc(NCC4CCCCN4C(=O)OCc4ccccc4)ncc23)cc(C(F)(F)F)c1F. The molecule has 3 heterocycles. The van der Waals surface area contributed by atoms with Crippen LogP contribution < -0.4 is 10.1 Å². The molecule has 0 saturated carbocycles. The zero-order valence-electron chi connectivity index (χ0n) is 23.8. The molecule has 2 aromatic heterocycles. The average Bonchev–Trinajstić information content (AvgIpc) is 3.34. The number of carbonyl (C=O) groups excluding carboxylic acids is 1. The predicted octanol–water partition coefficient (Wildman–Crippen LogP) is 5.91. The Kier molecular flexibility index (Phi) is 9.13. The van der Waals surface area contributed by atoms with Crippen LogP contribution in [0.3, 0.4) is 0 Å². The van der Waals surface area contributed by atoms with Gasteiger partial charge in [0.25, 0.3) is 0 Å². The third kappa shape index (κ3) is 6.51. The maximum absolute atomic E-state index is 15.4. The largest absolute Gasteiger partial charge is 0.461 e. The quantitative estimate of drug-likeness (QED) is 0.182. The number of alkyl halides is 3. The van der Waals surface area contributed by atoms with Crippen molar-refractivity contribution in [2.45, 2.75) is 38.1 Å². The summed E-state index contributed by atoms with van der Waals surface area (Å²) in [5.41, 5.74) is -1.56. The number of hydrogen-bond donors (Lipinski definition) is 1. The van der Waals surface area contributed by atoms with E-state index in [1.165, 1.54) is 17.9 Å². The number of nitrogens with one attached hydrogen (secondary N) is 1. The second-order valence-corrected chi connectivity index (χ2v) is 10.1. The molecule has 4 aromatic rings. The molecule has 1 aliphatic heterocycles. The molecule has 1 atom stereocenters. The van der Waals surface area contributed by atoms with Gasteiger partial charge >= 0.3 is 12.3 Å². The number of nitrogens with zero attached hydrogens (tertiary/aromatic N) is 5. The van der Waals surface area contributed by atoms with Gasteiger partial charge in [0.1, 0.15) is 12.3 Å². The van der Waals surface area contributed by atoms with E-state index in [1.54, 1.807) is 4.90 Å². The van der Waals surface area contributed by atoms with E-state index in [1.807, 2.05) is 30.3 Å². The Morgan fingerprint density at radius 1 is 1.14 bits per heavy atom. The number of piperidine rings is 1. The van der Waals surface area contributed by atoms with E-state index in [0.29, 0.717) is 19.2 Å². The molecule has 1 N–H and O–H groups in total. The molecule has 1 fully saturated rings. The molecule has 1 saturated heterocycles. The lowest BCUT2D eigenvalue weighted by atomic mass is 10.0. The van der Waals surface area contributed by atoms with Gasteiger partial charge in [-0.2, -0.15) is 23.3 Å². The molecule has 234 valence electrons. The van der Waals surface area contributed by atoms with Gasteiger partial charge in [0.15, 0.2) is 29.8 Å². The number of likely N-dealkylation sites (tertiary alicyclic amines) is 1. The lowest BCUT2D eigenvalue weighted by Gasteiger charge is -2.35. The number of carbonyl (C=O) groups is 1. The molecule has 10 nitrogen and oxygen atoms in total. The van der Waals surface area contributed by atoms with Gasteiger partial charge < -0.3 is 24.4 Å². The van der Waals surface area contributed by atoms with Crippen molar-refractivity contribution in [2.24, 2.45) is 7.05 Å². The Balaban J connectivity index is 1.37. The number of aromatic nitrogens is 4. The molecule has 0 bridgehead atoms. The van der Waals surface area contributed by atoms with E-state index in [4.69, 9.17) is 9.47 Å². The summed E-state index contributed by atoms with van der Waals surface area (Å²) in [6.07, 6.45) is -1.81. The van der Waals surface area contributed by atoms with E-state index in [2.05, 4.69) is 25.1 Å². The molecular formula is C29H29F5N6O4. The fraction of sp³-hybridized carbons (Fsp3) is 0.379. The minimum Gasteiger partial charge on any atom is -0.461 e. The molecule has 15 heteroatoms. The Morgan fingerprint density at radius 2 is 1.91 bits per heavy atom. The van der Waals surface area contributed by atoms with Gasteiger partial charge in [0.05, 0.1) is 17.0 Å². The number of hydrogen-bond acceptors (Lipinski definition) is 8. The van der Waals surface area contributed by atoms with Crippen molar-refractivity contribution in [3.63, 3.8) is 0 Å². The zero-order chi connectivity index (χ0) is 31.4. The van der Waals surface area contributed by atoms with Crippen molar-refractivity contribution < 1.29 is 41.0 Å². The predicted molar refractivity (Wildman–Crippen MR) is 149 cm³/mol.